The van der Waals surface area contributed by atoms with Gasteiger partial charge < -0.3 is 21.3 Å². The quantitative estimate of drug-likeness (QED) is 0.371. The van der Waals surface area contributed by atoms with E-state index in [9.17, 15) is 0 Å². The van der Waals surface area contributed by atoms with Gasteiger partial charge in [0.25, 0.3) is 0 Å². The van der Waals surface area contributed by atoms with Crippen LogP contribution in [-0.4, -0.2) is 35.6 Å². The van der Waals surface area contributed by atoms with Crippen LogP contribution in [0.2, 0.25) is 0 Å². The van der Waals surface area contributed by atoms with Crippen molar-refractivity contribution in [3.63, 3.8) is 0 Å². The predicted octanol–water partition coefficient (Wildman–Crippen LogP) is -1.38. The van der Waals surface area contributed by atoms with Crippen LogP contribution in [-0.2, 0) is 0 Å². The summed E-state index contributed by atoms with van der Waals surface area (Å²) < 4.78 is 0. The average Bonchev–Trinajstić information content (AvgIpc) is 2.00. The van der Waals surface area contributed by atoms with Crippen molar-refractivity contribution in [2.45, 2.75) is 31.7 Å². The molecule has 0 aliphatic heterocycles. The number of rotatable bonds is 4. The molecular formula is C6H16N2O2. The van der Waals surface area contributed by atoms with Gasteiger partial charge in [-0.15, -0.1) is 0 Å². The molecule has 0 rings (SSSR count). The fraction of sp³-hybridized carbons (Fsp3) is 1.00. The lowest BCUT2D eigenvalue weighted by Crippen LogP contribution is -2.50. The Bertz CT molecular complexity index is 79.8. The zero-order chi connectivity index (χ0) is 8.15. The SMILES string of the molecule is CCC(O)C(O)C(N)NC. The maximum Gasteiger partial charge on any atom is 0.108 e. The second kappa shape index (κ2) is 4.62. The van der Waals surface area contributed by atoms with Crippen LogP contribution in [0.5, 0.6) is 0 Å². The maximum absolute atomic E-state index is 9.15. The van der Waals surface area contributed by atoms with E-state index in [-0.39, 0.29) is 0 Å². The number of likely N-dealkylation sites (N-methyl/N-ethyl adjacent to an activating group) is 1. The normalized spacial score (nSPS) is 20.1. The molecule has 0 radical (unpaired) electrons. The Morgan fingerprint density at radius 3 is 2.30 bits per heavy atom. The molecule has 0 saturated heterocycles. The van der Waals surface area contributed by atoms with Gasteiger partial charge in [0.2, 0.25) is 0 Å². The Balaban J connectivity index is 3.69. The Morgan fingerprint density at radius 1 is 1.50 bits per heavy atom. The van der Waals surface area contributed by atoms with Crippen molar-refractivity contribution in [3.8, 4) is 0 Å². The Labute approximate surface area is 61.0 Å². The molecule has 0 amide bonds. The highest BCUT2D eigenvalue weighted by Crippen LogP contribution is 1.98. The smallest absolute Gasteiger partial charge is 0.108 e. The lowest BCUT2D eigenvalue weighted by molar-refractivity contribution is -0.00270. The lowest BCUT2D eigenvalue weighted by atomic mass is 10.1. The largest absolute Gasteiger partial charge is 0.390 e. The van der Waals surface area contributed by atoms with Crippen molar-refractivity contribution < 1.29 is 10.2 Å². The van der Waals surface area contributed by atoms with Crippen LogP contribution in [0.15, 0.2) is 0 Å². The molecule has 0 aromatic heterocycles. The molecule has 62 valence electrons. The fourth-order valence-electron chi connectivity index (χ4n) is 0.652. The van der Waals surface area contributed by atoms with E-state index >= 15 is 0 Å². The van der Waals surface area contributed by atoms with Crippen LogP contribution in [0.3, 0.4) is 0 Å². The average molecular weight is 148 g/mol. The molecule has 0 bridgehead atoms. The molecule has 0 aromatic rings. The summed E-state index contributed by atoms with van der Waals surface area (Å²) in [6.45, 7) is 1.79. The van der Waals surface area contributed by atoms with E-state index in [1.54, 1.807) is 14.0 Å². The molecule has 0 aromatic carbocycles. The van der Waals surface area contributed by atoms with Gasteiger partial charge in [-0.25, -0.2) is 0 Å². The molecular weight excluding hydrogens is 132 g/mol. The van der Waals surface area contributed by atoms with Gasteiger partial charge in [0.05, 0.1) is 12.3 Å². The fourth-order valence-corrected chi connectivity index (χ4v) is 0.652. The number of nitrogens with one attached hydrogen (secondary N) is 1. The first kappa shape index (κ1) is 9.84. The molecule has 0 spiro atoms. The van der Waals surface area contributed by atoms with Gasteiger partial charge in [0, 0.05) is 0 Å². The molecule has 0 heterocycles. The second-order valence-corrected chi connectivity index (χ2v) is 2.28. The standard InChI is InChI=1S/C6H16N2O2/c1-3-4(9)5(10)6(7)8-2/h4-6,8-10H,3,7H2,1-2H3. The number of hydrogen-bond donors (Lipinski definition) is 4. The van der Waals surface area contributed by atoms with Crippen molar-refractivity contribution in [3.05, 3.63) is 0 Å². The minimum absolute atomic E-state index is 0.510. The van der Waals surface area contributed by atoms with Crippen molar-refractivity contribution >= 4 is 0 Å². The van der Waals surface area contributed by atoms with Gasteiger partial charge in [-0.2, -0.15) is 0 Å². The first-order valence-electron chi connectivity index (χ1n) is 3.42. The van der Waals surface area contributed by atoms with Gasteiger partial charge in [-0.1, -0.05) is 6.92 Å². The number of aliphatic hydroxyl groups excluding tert-OH is 2. The Morgan fingerprint density at radius 2 is 2.00 bits per heavy atom. The van der Waals surface area contributed by atoms with Crippen molar-refractivity contribution in [1.29, 1.82) is 0 Å². The molecule has 0 saturated carbocycles. The van der Waals surface area contributed by atoms with Gasteiger partial charge in [-0.3, -0.25) is 0 Å². The van der Waals surface area contributed by atoms with E-state index in [0.717, 1.165) is 0 Å². The Kier molecular flexibility index (Phi) is 4.55. The lowest BCUT2D eigenvalue weighted by Gasteiger charge is -2.21. The molecule has 4 heteroatoms. The summed E-state index contributed by atoms with van der Waals surface area (Å²) in [5, 5.41) is 20.9. The highest BCUT2D eigenvalue weighted by molar-refractivity contribution is 4.74. The summed E-state index contributed by atoms with van der Waals surface area (Å²) in [5.41, 5.74) is 5.37. The number of hydrogen-bond acceptors (Lipinski definition) is 4. The number of nitrogens with two attached hydrogens (primary N) is 1. The van der Waals surface area contributed by atoms with Crippen molar-refractivity contribution in [2.75, 3.05) is 7.05 Å². The van der Waals surface area contributed by atoms with Gasteiger partial charge in [-0.05, 0) is 13.5 Å². The molecule has 3 atom stereocenters. The summed E-state index contributed by atoms with van der Waals surface area (Å²) in [4.78, 5) is 0. The molecule has 5 N–H and O–H groups in total. The second-order valence-electron chi connectivity index (χ2n) is 2.28. The van der Waals surface area contributed by atoms with Crippen molar-refractivity contribution in [1.82, 2.24) is 5.32 Å². The summed E-state index contributed by atoms with van der Waals surface area (Å²) >= 11 is 0. The third kappa shape index (κ3) is 2.62. The minimum atomic E-state index is -0.880. The zero-order valence-electron chi connectivity index (χ0n) is 6.41. The van der Waals surface area contributed by atoms with Gasteiger partial charge in [0.1, 0.15) is 6.10 Å². The minimum Gasteiger partial charge on any atom is -0.390 e. The molecule has 3 unspecified atom stereocenters. The monoisotopic (exact) mass is 148 g/mol. The maximum atomic E-state index is 9.15. The van der Waals surface area contributed by atoms with Crippen LogP contribution in [0.25, 0.3) is 0 Å². The van der Waals surface area contributed by atoms with Crippen LogP contribution < -0.4 is 11.1 Å². The molecule has 10 heavy (non-hydrogen) atoms. The van der Waals surface area contributed by atoms with E-state index in [2.05, 4.69) is 5.32 Å². The van der Waals surface area contributed by atoms with Crippen LogP contribution in [0.4, 0.5) is 0 Å². The zero-order valence-corrected chi connectivity index (χ0v) is 6.41. The summed E-state index contributed by atoms with van der Waals surface area (Å²) in [7, 11) is 1.64. The molecule has 0 aliphatic carbocycles. The van der Waals surface area contributed by atoms with Gasteiger partial charge in [0.15, 0.2) is 0 Å². The molecule has 0 fully saturated rings. The highest BCUT2D eigenvalue weighted by atomic mass is 16.3. The van der Waals surface area contributed by atoms with Crippen LogP contribution in [0.1, 0.15) is 13.3 Å². The van der Waals surface area contributed by atoms with E-state index in [0.29, 0.717) is 6.42 Å². The van der Waals surface area contributed by atoms with Crippen LogP contribution >= 0.6 is 0 Å². The summed E-state index contributed by atoms with van der Waals surface area (Å²) in [5.74, 6) is 0. The third-order valence-corrected chi connectivity index (χ3v) is 1.51. The van der Waals surface area contributed by atoms with E-state index < -0.39 is 18.4 Å². The Hall–Kier alpha value is -0.160. The van der Waals surface area contributed by atoms with Gasteiger partial charge >= 0.3 is 0 Å². The van der Waals surface area contributed by atoms with E-state index in [1.807, 2.05) is 0 Å². The predicted molar refractivity (Wildman–Crippen MR) is 39.3 cm³/mol. The first-order chi connectivity index (χ1) is 4.63. The van der Waals surface area contributed by atoms with E-state index in [1.165, 1.54) is 0 Å². The summed E-state index contributed by atoms with van der Waals surface area (Å²) in [6, 6.07) is 0. The topological polar surface area (TPSA) is 78.5 Å². The summed E-state index contributed by atoms with van der Waals surface area (Å²) in [6.07, 6.45) is -1.65. The molecule has 0 aliphatic rings. The first-order valence-corrected chi connectivity index (χ1v) is 3.42. The van der Waals surface area contributed by atoms with Crippen LogP contribution in [0, 0.1) is 0 Å². The van der Waals surface area contributed by atoms with E-state index in [4.69, 9.17) is 15.9 Å². The highest BCUT2D eigenvalue weighted by Gasteiger charge is 2.19. The number of aliphatic hydroxyl groups is 2. The third-order valence-electron chi connectivity index (χ3n) is 1.51. The molecule has 4 nitrogen and oxygen atoms in total. The van der Waals surface area contributed by atoms with Crippen molar-refractivity contribution in [2.24, 2.45) is 5.73 Å².